The normalized spacial score (nSPS) is 10.8. The van der Waals surface area contributed by atoms with E-state index in [0.717, 1.165) is 20.8 Å². The number of halogens is 1. The minimum atomic E-state index is 0.258. The molecule has 0 aliphatic carbocycles. The molecule has 4 heteroatoms. The summed E-state index contributed by atoms with van der Waals surface area (Å²) in [5, 5.41) is 12.1. The predicted octanol–water partition coefficient (Wildman–Crippen LogP) is 4.75. The molecule has 0 amide bonds. The summed E-state index contributed by atoms with van der Waals surface area (Å²) in [7, 11) is 0. The molecule has 19 heavy (non-hydrogen) atoms. The number of phenols is 1. The number of fused-ring (bicyclic) bond motifs is 1. The van der Waals surface area contributed by atoms with Crippen LogP contribution < -0.4 is 0 Å². The van der Waals surface area contributed by atoms with Crippen molar-refractivity contribution in [3.8, 4) is 5.75 Å². The molecule has 0 fully saturated rings. The van der Waals surface area contributed by atoms with Crippen molar-refractivity contribution in [1.29, 1.82) is 0 Å². The summed E-state index contributed by atoms with van der Waals surface area (Å²) in [5.74, 6) is 0.258. The van der Waals surface area contributed by atoms with Crippen molar-refractivity contribution in [1.82, 2.24) is 4.98 Å². The lowest BCUT2D eigenvalue weighted by Crippen LogP contribution is -1.83. The highest BCUT2D eigenvalue weighted by atomic mass is 35.5. The van der Waals surface area contributed by atoms with Crippen molar-refractivity contribution < 1.29 is 5.11 Å². The van der Waals surface area contributed by atoms with Gasteiger partial charge in [-0.2, -0.15) is 0 Å². The third-order valence-corrected chi connectivity index (χ3v) is 3.83. The van der Waals surface area contributed by atoms with Gasteiger partial charge in [0.15, 0.2) is 0 Å². The maximum Gasteiger partial charge on any atom is 0.116 e. The molecule has 1 aromatic heterocycles. The lowest BCUT2D eigenvalue weighted by molar-refractivity contribution is 0.474. The van der Waals surface area contributed by atoms with Crippen molar-refractivity contribution in [2.24, 2.45) is 0 Å². The van der Waals surface area contributed by atoms with Crippen molar-refractivity contribution in [3.05, 3.63) is 59.6 Å². The molecule has 2 nitrogen and oxygen atoms in total. The van der Waals surface area contributed by atoms with Crippen molar-refractivity contribution in [3.63, 3.8) is 0 Å². The maximum absolute atomic E-state index is 9.45. The second kappa shape index (κ2) is 5.11. The summed E-state index contributed by atoms with van der Waals surface area (Å²) in [5.41, 5.74) is 0.873. The van der Waals surface area contributed by atoms with E-state index in [-0.39, 0.29) is 5.75 Å². The van der Waals surface area contributed by atoms with Crippen LogP contribution in [0.4, 0.5) is 0 Å². The van der Waals surface area contributed by atoms with Crippen LogP contribution >= 0.6 is 23.4 Å². The van der Waals surface area contributed by atoms with E-state index in [1.165, 1.54) is 11.8 Å². The van der Waals surface area contributed by atoms with Gasteiger partial charge in [-0.15, -0.1) is 0 Å². The number of aromatic nitrogens is 1. The largest absolute Gasteiger partial charge is 0.508 e. The van der Waals surface area contributed by atoms with Gasteiger partial charge in [0, 0.05) is 15.3 Å². The lowest BCUT2D eigenvalue weighted by Gasteiger charge is -2.04. The smallest absolute Gasteiger partial charge is 0.116 e. The standard InChI is InChI=1S/C15H10ClNOS/c16-11-6-4-10-5-7-15(17-14(10)8-11)19-13-3-1-2-12(18)9-13/h1-9,18H. The third kappa shape index (κ3) is 2.83. The molecule has 0 atom stereocenters. The van der Waals surface area contributed by atoms with Gasteiger partial charge < -0.3 is 5.11 Å². The lowest BCUT2D eigenvalue weighted by atomic mass is 10.2. The first kappa shape index (κ1) is 12.3. The van der Waals surface area contributed by atoms with E-state index in [0.29, 0.717) is 5.02 Å². The zero-order chi connectivity index (χ0) is 13.2. The summed E-state index contributed by atoms with van der Waals surface area (Å²) < 4.78 is 0. The quantitative estimate of drug-likeness (QED) is 0.739. The number of phenolic OH excluding ortho intramolecular Hbond substituents is 1. The minimum absolute atomic E-state index is 0.258. The molecule has 0 radical (unpaired) electrons. The first-order chi connectivity index (χ1) is 9.20. The van der Waals surface area contributed by atoms with Crippen LogP contribution in [0, 0.1) is 0 Å². The molecular formula is C15H10ClNOS. The first-order valence-electron chi connectivity index (χ1n) is 5.74. The number of rotatable bonds is 2. The SMILES string of the molecule is Oc1cccc(Sc2ccc3ccc(Cl)cc3n2)c1. The Balaban J connectivity index is 1.97. The van der Waals surface area contributed by atoms with Crippen LogP contribution in [-0.2, 0) is 0 Å². The second-order valence-electron chi connectivity index (χ2n) is 4.09. The van der Waals surface area contributed by atoms with Crippen LogP contribution in [-0.4, -0.2) is 10.1 Å². The number of hydrogen-bond donors (Lipinski definition) is 1. The molecule has 2 aromatic carbocycles. The number of hydrogen-bond acceptors (Lipinski definition) is 3. The van der Waals surface area contributed by atoms with Gasteiger partial charge in [0.2, 0.25) is 0 Å². The monoisotopic (exact) mass is 287 g/mol. The Morgan fingerprint density at radius 3 is 2.68 bits per heavy atom. The van der Waals surface area contributed by atoms with E-state index in [2.05, 4.69) is 4.98 Å². The molecule has 1 N–H and O–H groups in total. The zero-order valence-corrected chi connectivity index (χ0v) is 11.4. The average molecular weight is 288 g/mol. The molecule has 3 rings (SSSR count). The highest BCUT2D eigenvalue weighted by Crippen LogP contribution is 2.30. The van der Waals surface area contributed by atoms with Crippen LogP contribution in [0.25, 0.3) is 10.9 Å². The highest BCUT2D eigenvalue weighted by molar-refractivity contribution is 7.99. The Morgan fingerprint density at radius 1 is 1.00 bits per heavy atom. The van der Waals surface area contributed by atoms with E-state index < -0.39 is 0 Å². The van der Waals surface area contributed by atoms with Gasteiger partial charge >= 0.3 is 0 Å². The fraction of sp³-hybridized carbons (Fsp3) is 0. The van der Waals surface area contributed by atoms with Crippen LogP contribution in [0.3, 0.4) is 0 Å². The molecular weight excluding hydrogens is 278 g/mol. The Bertz CT molecular complexity index is 745. The van der Waals surface area contributed by atoms with Gasteiger partial charge in [0.05, 0.1) is 5.52 Å². The van der Waals surface area contributed by atoms with Gasteiger partial charge in [0.25, 0.3) is 0 Å². The van der Waals surface area contributed by atoms with Crippen LogP contribution in [0.5, 0.6) is 5.75 Å². The number of pyridine rings is 1. The molecule has 3 aromatic rings. The average Bonchev–Trinajstić information content (AvgIpc) is 2.38. The van der Waals surface area contributed by atoms with E-state index in [1.807, 2.05) is 42.5 Å². The zero-order valence-electron chi connectivity index (χ0n) is 9.88. The summed E-state index contributed by atoms with van der Waals surface area (Å²) in [4.78, 5) is 5.51. The summed E-state index contributed by atoms with van der Waals surface area (Å²) >= 11 is 7.48. The van der Waals surface area contributed by atoms with Gasteiger partial charge in [-0.1, -0.05) is 41.6 Å². The fourth-order valence-corrected chi connectivity index (χ4v) is 2.81. The van der Waals surface area contributed by atoms with E-state index in [9.17, 15) is 5.11 Å². The van der Waals surface area contributed by atoms with Crippen LogP contribution in [0.1, 0.15) is 0 Å². The van der Waals surface area contributed by atoms with Crippen molar-refractivity contribution in [2.75, 3.05) is 0 Å². The minimum Gasteiger partial charge on any atom is -0.508 e. The molecule has 0 aliphatic rings. The van der Waals surface area contributed by atoms with E-state index in [4.69, 9.17) is 11.6 Å². The molecule has 0 aliphatic heterocycles. The second-order valence-corrected chi connectivity index (χ2v) is 5.62. The first-order valence-corrected chi connectivity index (χ1v) is 6.93. The van der Waals surface area contributed by atoms with Gasteiger partial charge in [-0.05, 0) is 36.4 Å². The Labute approximate surface area is 120 Å². The van der Waals surface area contributed by atoms with Crippen molar-refractivity contribution in [2.45, 2.75) is 9.92 Å². The highest BCUT2D eigenvalue weighted by Gasteiger charge is 2.02. The molecule has 0 spiro atoms. The van der Waals surface area contributed by atoms with Crippen LogP contribution in [0.2, 0.25) is 5.02 Å². The maximum atomic E-state index is 9.45. The number of aromatic hydroxyl groups is 1. The van der Waals surface area contributed by atoms with Gasteiger partial charge in [0.1, 0.15) is 10.8 Å². The molecule has 0 saturated carbocycles. The fourth-order valence-electron chi connectivity index (χ4n) is 1.80. The molecule has 0 bridgehead atoms. The molecule has 94 valence electrons. The Hall–Kier alpha value is -1.71. The van der Waals surface area contributed by atoms with Crippen molar-refractivity contribution >= 4 is 34.3 Å². The van der Waals surface area contributed by atoms with Gasteiger partial charge in [-0.3, -0.25) is 0 Å². The molecule has 1 heterocycles. The summed E-state index contributed by atoms with van der Waals surface area (Å²) in [6.07, 6.45) is 0. The van der Waals surface area contributed by atoms with Crippen LogP contribution in [0.15, 0.2) is 64.5 Å². The molecule has 0 saturated heterocycles. The summed E-state index contributed by atoms with van der Waals surface area (Å²) in [6, 6.07) is 16.8. The Kier molecular flexibility index (Phi) is 3.32. The van der Waals surface area contributed by atoms with E-state index >= 15 is 0 Å². The summed E-state index contributed by atoms with van der Waals surface area (Å²) in [6.45, 7) is 0. The number of benzene rings is 2. The molecule has 0 unspecified atom stereocenters. The number of nitrogens with zero attached hydrogens (tertiary/aromatic N) is 1. The van der Waals surface area contributed by atoms with Gasteiger partial charge in [-0.25, -0.2) is 4.98 Å². The Morgan fingerprint density at radius 2 is 1.84 bits per heavy atom. The van der Waals surface area contributed by atoms with E-state index in [1.54, 1.807) is 12.1 Å². The topological polar surface area (TPSA) is 33.1 Å². The predicted molar refractivity (Wildman–Crippen MR) is 79.0 cm³/mol. The third-order valence-electron chi connectivity index (χ3n) is 2.67.